The SMILES string of the molecule is COCCN(C)C(=O)NC(C)CCCC(C)C(=O)O. The van der Waals surface area contributed by atoms with Gasteiger partial charge in [-0.1, -0.05) is 13.3 Å². The smallest absolute Gasteiger partial charge is 0.317 e. The van der Waals surface area contributed by atoms with Gasteiger partial charge in [-0.25, -0.2) is 4.79 Å². The second-order valence-corrected chi connectivity index (χ2v) is 4.94. The molecule has 0 aromatic carbocycles. The number of rotatable bonds is 9. The minimum absolute atomic E-state index is 0.0403. The molecule has 2 unspecified atom stereocenters. The predicted octanol–water partition coefficient (Wildman–Crippen LogP) is 1.55. The number of hydrogen-bond donors (Lipinski definition) is 2. The molecule has 0 saturated carbocycles. The van der Waals surface area contributed by atoms with Gasteiger partial charge < -0.3 is 20.1 Å². The highest BCUT2D eigenvalue weighted by Gasteiger charge is 2.14. The van der Waals surface area contributed by atoms with Crippen molar-refractivity contribution < 1.29 is 19.4 Å². The molecule has 19 heavy (non-hydrogen) atoms. The molecule has 2 N–H and O–H groups in total. The summed E-state index contributed by atoms with van der Waals surface area (Å²) >= 11 is 0. The zero-order valence-corrected chi connectivity index (χ0v) is 12.3. The standard InChI is InChI=1S/C13H26N2O4/c1-10(12(16)17)6-5-7-11(2)14-13(18)15(3)8-9-19-4/h10-11H,5-9H2,1-4H3,(H,14,18)(H,16,17). The third kappa shape index (κ3) is 8.42. The van der Waals surface area contributed by atoms with E-state index >= 15 is 0 Å². The lowest BCUT2D eigenvalue weighted by molar-refractivity contribution is -0.141. The van der Waals surface area contributed by atoms with Crippen molar-refractivity contribution in [1.82, 2.24) is 10.2 Å². The quantitative estimate of drug-likeness (QED) is 0.668. The van der Waals surface area contributed by atoms with Crippen LogP contribution in [0.1, 0.15) is 33.1 Å². The molecule has 0 rings (SSSR count). The minimum atomic E-state index is -0.768. The van der Waals surface area contributed by atoms with Crippen LogP contribution >= 0.6 is 0 Å². The van der Waals surface area contributed by atoms with Crippen LogP contribution in [-0.2, 0) is 9.53 Å². The van der Waals surface area contributed by atoms with Gasteiger partial charge >= 0.3 is 12.0 Å². The lowest BCUT2D eigenvalue weighted by Crippen LogP contribution is -2.43. The predicted molar refractivity (Wildman–Crippen MR) is 73.2 cm³/mol. The Bertz CT molecular complexity index is 284. The molecule has 0 fully saturated rings. The third-order valence-electron chi connectivity index (χ3n) is 3.04. The fourth-order valence-electron chi connectivity index (χ4n) is 1.58. The first-order valence-corrected chi connectivity index (χ1v) is 6.61. The number of likely N-dealkylation sites (N-methyl/N-ethyl adjacent to an activating group) is 1. The summed E-state index contributed by atoms with van der Waals surface area (Å²) in [6.45, 7) is 4.68. The zero-order chi connectivity index (χ0) is 14.8. The molecule has 0 aliphatic heterocycles. The van der Waals surface area contributed by atoms with Gasteiger partial charge in [-0.3, -0.25) is 4.79 Å². The van der Waals surface area contributed by atoms with Crippen LogP contribution in [0.4, 0.5) is 4.79 Å². The summed E-state index contributed by atoms with van der Waals surface area (Å²) in [6.07, 6.45) is 2.20. The molecule has 0 aliphatic carbocycles. The summed E-state index contributed by atoms with van der Waals surface area (Å²) in [6, 6.07) is -0.0886. The van der Waals surface area contributed by atoms with Crippen LogP contribution in [0.3, 0.4) is 0 Å². The maximum Gasteiger partial charge on any atom is 0.317 e. The van der Waals surface area contributed by atoms with Crippen molar-refractivity contribution in [1.29, 1.82) is 0 Å². The van der Waals surface area contributed by atoms with Crippen LogP contribution in [-0.4, -0.2) is 55.4 Å². The summed E-state index contributed by atoms with van der Waals surface area (Å²) in [5, 5.41) is 11.6. The van der Waals surface area contributed by atoms with E-state index in [9.17, 15) is 9.59 Å². The average molecular weight is 274 g/mol. The van der Waals surface area contributed by atoms with Gasteiger partial charge in [0, 0.05) is 26.7 Å². The Kier molecular flexibility index (Phi) is 8.95. The van der Waals surface area contributed by atoms with Gasteiger partial charge in [-0.15, -0.1) is 0 Å². The van der Waals surface area contributed by atoms with E-state index < -0.39 is 5.97 Å². The number of carbonyl (C=O) groups is 2. The topological polar surface area (TPSA) is 78.9 Å². The first kappa shape index (κ1) is 17.7. The number of methoxy groups -OCH3 is 1. The van der Waals surface area contributed by atoms with E-state index in [4.69, 9.17) is 9.84 Å². The Morgan fingerprint density at radius 3 is 2.47 bits per heavy atom. The highest BCUT2D eigenvalue weighted by atomic mass is 16.5. The monoisotopic (exact) mass is 274 g/mol. The second-order valence-electron chi connectivity index (χ2n) is 4.94. The summed E-state index contributed by atoms with van der Waals surface area (Å²) in [4.78, 5) is 24.0. The molecule has 0 radical (unpaired) electrons. The van der Waals surface area contributed by atoms with Gasteiger partial charge in [-0.2, -0.15) is 0 Å². The molecule has 0 aromatic rings. The fourth-order valence-corrected chi connectivity index (χ4v) is 1.58. The number of nitrogens with zero attached hydrogens (tertiary/aromatic N) is 1. The van der Waals surface area contributed by atoms with Crippen molar-refractivity contribution in [3.05, 3.63) is 0 Å². The fraction of sp³-hybridized carbons (Fsp3) is 0.846. The van der Waals surface area contributed by atoms with Crippen LogP contribution in [0, 0.1) is 5.92 Å². The Morgan fingerprint density at radius 1 is 1.32 bits per heavy atom. The zero-order valence-electron chi connectivity index (χ0n) is 12.3. The lowest BCUT2D eigenvalue weighted by atomic mass is 10.0. The van der Waals surface area contributed by atoms with Gasteiger partial charge in [0.05, 0.1) is 12.5 Å². The third-order valence-corrected chi connectivity index (χ3v) is 3.04. The number of carboxylic acids is 1. The number of carbonyl (C=O) groups excluding carboxylic acids is 1. The molecule has 0 spiro atoms. The van der Waals surface area contributed by atoms with Crippen molar-refractivity contribution in [3.8, 4) is 0 Å². The van der Waals surface area contributed by atoms with E-state index in [1.165, 1.54) is 0 Å². The Morgan fingerprint density at radius 2 is 1.95 bits per heavy atom. The molecular weight excluding hydrogens is 248 g/mol. The molecule has 0 bridgehead atoms. The number of amides is 2. The Labute approximate surface area is 115 Å². The number of aliphatic carboxylic acids is 1. The minimum Gasteiger partial charge on any atom is -0.481 e. The van der Waals surface area contributed by atoms with Crippen molar-refractivity contribution in [2.45, 2.75) is 39.2 Å². The van der Waals surface area contributed by atoms with Crippen LogP contribution in [0.5, 0.6) is 0 Å². The summed E-state index contributed by atoms with van der Waals surface area (Å²) in [7, 11) is 3.31. The Hall–Kier alpha value is -1.30. The maximum absolute atomic E-state index is 11.7. The molecule has 6 heteroatoms. The number of ether oxygens (including phenoxy) is 1. The largest absolute Gasteiger partial charge is 0.481 e. The number of carboxylic acid groups (broad SMARTS) is 1. The Balaban J connectivity index is 3.81. The van der Waals surface area contributed by atoms with Crippen LogP contribution in [0.2, 0.25) is 0 Å². The van der Waals surface area contributed by atoms with Crippen molar-refractivity contribution in [3.63, 3.8) is 0 Å². The maximum atomic E-state index is 11.7. The van der Waals surface area contributed by atoms with E-state index in [0.717, 1.165) is 12.8 Å². The van der Waals surface area contributed by atoms with E-state index in [-0.39, 0.29) is 18.0 Å². The average Bonchev–Trinajstić information content (AvgIpc) is 2.35. The first-order valence-electron chi connectivity index (χ1n) is 6.61. The van der Waals surface area contributed by atoms with E-state index in [0.29, 0.717) is 19.6 Å². The van der Waals surface area contributed by atoms with E-state index in [2.05, 4.69) is 5.32 Å². The van der Waals surface area contributed by atoms with Crippen LogP contribution in [0.15, 0.2) is 0 Å². The van der Waals surface area contributed by atoms with Crippen molar-refractivity contribution >= 4 is 12.0 Å². The van der Waals surface area contributed by atoms with Gasteiger partial charge in [0.15, 0.2) is 0 Å². The highest BCUT2D eigenvalue weighted by Crippen LogP contribution is 2.09. The number of nitrogens with one attached hydrogen (secondary N) is 1. The summed E-state index contributed by atoms with van der Waals surface area (Å²) in [5.74, 6) is -1.09. The van der Waals surface area contributed by atoms with Gasteiger partial charge in [0.25, 0.3) is 0 Å². The first-order chi connectivity index (χ1) is 8.88. The molecular formula is C13H26N2O4. The molecule has 112 valence electrons. The lowest BCUT2D eigenvalue weighted by Gasteiger charge is -2.21. The number of urea groups is 1. The molecule has 0 heterocycles. The normalized spacial score (nSPS) is 13.7. The molecule has 0 saturated heterocycles. The van der Waals surface area contributed by atoms with Gasteiger partial charge in [0.2, 0.25) is 0 Å². The van der Waals surface area contributed by atoms with Crippen molar-refractivity contribution in [2.75, 3.05) is 27.3 Å². The van der Waals surface area contributed by atoms with Gasteiger partial charge in [0.1, 0.15) is 0 Å². The molecule has 2 amide bonds. The molecule has 0 aromatic heterocycles. The summed E-state index contributed by atoms with van der Waals surface area (Å²) in [5.41, 5.74) is 0. The van der Waals surface area contributed by atoms with E-state index in [1.54, 1.807) is 26.0 Å². The molecule has 6 nitrogen and oxygen atoms in total. The number of hydrogen-bond acceptors (Lipinski definition) is 3. The van der Waals surface area contributed by atoms with Crippen molar-refractivity contribution in [2.24, 2.45) is 5.92 Å². The summed E-state index contributed by atoms with van der Waals surface area (Å²) < 4.78 is 4.90. The second kappa shape index (κ2) is 9.61. The molecule has 0 aliphatic rings. The van der Waals surface area contributed by atoms with E-state index in [1.807, 2.05) is 6.92 Å². The highest BCUT2D eigenvalue weighted by molar-refractivity contribution is 5.74. The molecule has 2 atom stereocenters. The van der Waals surface area contributed by atoms with Crippen LogP contribution < -0.4 is 5.32 Å². The van der Waals surface area contributed by atoms with Crippen LogP contribution in [0.25, 0.3) is 0 Å². The van der Waals surface area contributed by atoms with Gasteiger partial charge in [-0.05, 0) is 19.8 Å².